The molecule has 1 aromatic carbocycles. The second kappa shape index (κ2) is 7.60. The number of aromatic nitrogens is 3. The van der Waals surface area contributed by atoms with Crippen LogP contribution in [0.5, 0.6) is 0 Å². The lowest BCUT2D eigenvalue weighted by Crippen LogP contribution is -2.15. The Bertz CT molecular complexity index is 844. The van der Waals surface area contributed by atoms with Gasteiger partial charge in [0.15, 0.2) is 5.16 Å². The van der Waals surface area contributed by atoms with E-state index in [-0.39, 0.29) is 16.6 Å². The maximum atomic E-state index is 12.0. The van der Waals surface area contributed by atoms with Crippen molar-refractivity contribution in [3.05, 3.63) is 42.7 Å². The number of sulfonamides is 1. The van der Waals surface area contributed by atoms with Crippen LogP contribution in [-0.4, -0.2) is 34.8 Å². The number of amides is 1. The largest absolute Gasteiger partial charge is 0.325 e. The Labute approximate surface area is 144 Å². The van der Waals surface area contributed by atoms with Crippen molar-refractivity contribution in [1.29, 1.82) is 0 Å². The lowest BCUT2D eigenvalue weighted by Gasteiger charge is -2.07. The Hall–Kier alpha value is -2.17. The van der Waals surface area contributed by atoms with Gasteiger partial charge in [-0.05, 0) is 31.2 Å². The van der Waals surface area contributed by atoms with Crippen LogP contribution in [0.1, 0.15) is 5.82 Å². The van der Waals surface area contributed by atoms with Gasteiger partial charge >= 0.3 is 0 Å². The fourth-order valence-electron chi connectivity index (χ4n) is 1.86. The van der Waals surface area contributed by atoms with Crippen molar-refractivity contribution in [2.45, 2.75) is 23.5 Å². The quantitative estimate of drug-likeness (QED) is 0.559. The van der Waals surface area contributed by atoms with E-state index < -0.39 is 10.0 Å². The van der Waals surface area contributed by atoms with Crippen molar-refractivity contribution in [3.63, 3.8) is 0 Å². The van der Waals surface area contributed by atoms with Gasteiger partial charge in [0.1, 0.15) is 5.82 Å². The summed E-state index contributed by atoms with van der Waals surface area (Å²) in [5.74, 6) is 0.650. The molecule has 0 aliphatic rings. The van der Waals surface area contributed by atoms with E-state index in [1.165, 1.54) is 36.0 Å². The Morgan fingerprint density at radius 1 is 1.38 bits per heavy atom. The lowest BCUT2D eigenvalue weighted by atomic mass is 10.3. The predicted molar refractivity (Wildman–Crippen MR) is 92.1 cm³/mol. The normalized spacial score (nSPS) is 11.2. The first-order valence-electron chi connectivity index (χ1n) is 6.87. The summed E-state index contributed by atoms with van der Waals surface area (Å²) in [5.41, 5.74) is 0.483. The van der Waals surface area contributed by atoms with Crippen LogP contribution in [0.3, 0.4) is 0 Å². The van der Waals surface area contributed by atoms with E-state index in [0.29, 0.717) is 17.4 Å². The number of nitrogens with zero attached hydrogens (tertiary/aromatic N) is 3. The molecule has 2 aromatic rings. The lowest BCUT2D eigenvalue weighted by molar-refractivity contribution is -0.113. The third-order valence-corrected chi connectivity index (χ3v) is 4.91. The molecule has 24 heavy (non-hydrogen) atoms. The van der Waals surface area contributed by atoms with Gasteiger partial charge in [0, 0.05) is 12.2 Å². The summed E-state index contributed by atoms with van der Waals surface area (Å²) < 4.78 is 24.2. The number of benzene rings is 1. The van der Waals surface area contributed by atoms with E-state index in [1.54, 1.807) is 6.08 Å². The van der Waals surface area contributed by atoms with E-state index in [9.17, 15) is 13.2 Å². The number of rotatable bonds is 7. The first-order chi connectivity index (χ1) is 11.3. The number of allylic oxidation sites excluding steroid dienone is 1. The molecule has 0 aliphatic carbocycles. The van der Waals surface area contributed by atoms with Crippen LogP contribution >= 0.6 is 11.8 Å². The summed E-state index contributed by atoms with van der Waals surface area (Å²) in [7, 11) is -3.75. The number of hydrogen-bond donors (Lipinski definition) is 2. The van der Waals surface area contributed by atoms with Gasteiger partial charge < -0.3 is 9.88 Å². The Kier molecular flexibility index (Phi) is 5.75. The molecule has 1 amide bonds. The molecule has 10 heteroatoms. The molecule has 0 bridgehead atoms. The topological polar surface area (TPSA) is 120 Å². The van der Waals surface area contributed by atoms with Gasteiger partial charge in [-0.2, -0.15) is 0 Å². The van der Waals surface area contributed by atoms with Crippen molar-refractivity contribution in [1.82, 2.24) is 14.8 Å². The second-order valence-electron chi connectivity index (χ2n) is 4.84. The molecule has 1 heterocycles. The number of thioether (sulfide) groups is 1. The third kappa shape index (κ3) is 4.66. The van der Waals surface area contributed by atoms with Gasteiger partial charge in [-0.15, -0.1) is 16.8 Å². The smallest absolute Gasteiger partial charge is 0.238 e. The van der Waals surface area contributed by atoms with Gasteiger partial charge in [-0.3, -0.25) is 4.79 Å². The van der Waals surface area contributed by atoms with E-state index >= 15 is 0 Å². The molecule has 2 rings (SSSR count). The summed E-state index contributed by atoms with van der Waals surface area (Å²) in [5, 5.41) is 16.3. The second-order valence-corrected chi connectivity index (χ2v) is 7.34. The third-order valence-electron chi connectivity index (χ3n) is 3.01. The maximum absolute atomic E-state index is 12.0. The molecule has 0 unspecified atom stereocenters. The summed E-state index contributed by atoms with van der Waals surface area (Å²) in [4.78, 5) is 12.0. The minimum Gasteiger partial charge on any atom is -0.325 e. The van der Waals surface area contributed by atoms with Crippen LogP contribution in [0.4, 0.5) is 5.69 Å². The fraction of sp³-hybridized carbons (Fsp3) is 0.214. The number of nitrogens with two attached hydrogens (primary N) is 1. The molecule has 128 valence electrons. The molecule has 3 N–H and O–H groups in total. The van der Waals surface area contributed by atoms with Crippen molar-refractivity contribution in [2.24, 2.45) is 5.14 Å². The highest BCUT2D eigenvalue weighted by Gasteiger charge is 2.12. The molecule has 0 saturated carbocycles. The van der Waals surface area contributed by atoms with Gasteiger partial charge in [0.25, 0.3) is 0 Å². The SMILES string of the molecule is C=CCn1c(C)nnc1SCC(=O)Nc1ccc(S(N)(=O)=O)cc1. The molecule has 8 nitrogen and oxygen atoms in total. The number of anilines is 1. The highest BCUT2D eigenvalue weighted by atomic mass is 32.2. The molecular formula is C14H17N5O3S2. The van der Waals surface area contributed by atoms with E-state index in [0.717, 1.165) is 5.82 Å². The number of carbonyl (C=O) groups is 1. The minimum absolute atomic E-state index is 0.0112. The van der Waals surface area contributed by atoms with E-state index in [1.807, 2.05) is 11.5 Å². The monoisotopic (exact) mass is 367 g/mol. The summed E-state index contributed by atoms with van der Waals surface area (Å²) in [6.07, 6.45) is 1.73. The van der Waals surface area contributed by atoms with Crippen LogP contribution < -0.4 is 10.5 Å². The van der Waals surface area contributed by atoms with Crippen molar-refractivity contribution < 1.29 is 13.2 Å². The highest BCUT2D eigenvalue weighted by Crippen LogP contribution is 2.18. The van der Waals surface area contributed by atoms with Gasteiger partial charge in [-0.25, -0.2) is 13.6 Å². The molecular weight excluding hydrogens is 350 g/mol. The molecule has 0 fully saturated rings. The van der Waals surface area contributed by atoms with Crippen LogP contribution in [0.25, 0.3) is 0 Å². The number of primary sulfonamides is 1. The maximum Gasteiger partial charge on any atom is 0.238 e. The average molecular weight is 367 g/mol. The predicted octanol–water partition coefficient (Wildman–Crippen LogP) is 1.15. The first kappa shape index (κ1) is 18.2. The Morgan fingerprint density at radius 2 is 2.04 bits per heavy atom. The number of aryl methyl sites for hydroxylation is 1. The molecule has 0 radical (unpaired) electrons. The van der Waals surface area contributed by atoms with Gasteiger partial charge in [-0.1, -0.05) is 17.8 Å². The number of nitrogens with one attached hydrogen (secondary N) is 1. The summed E-state index contributed by atoms with van der Waals surface area (Å²) in [6, 6.07) is 5.63. The van der Waals surface area contributed by atoms with Crippen LogP contribution in [0.2, 0.25) is 0 Å². The number of carbonyl (C=O) groups excluding carboxylic acids is 1. The first-order valence-corrected chi connectivity index (χ1v) is 9.40. The molecule has 0 aliphatic heterocycles. The van der Waals surface area contributed by atoms with Gasteiger partial charge in [0.05, 0.1) is 10.6 Å². The Balaban J connectivity index is 1.95. The van der Waals surface area contributed by atoms with Crippen molar-refractivity contribution in [3.8, 4) is 0 Å². The standard InChI is InChI=1S/C14H17N5O3S2/c1-3-8-19-10(2)17-18-14(19)23-9-13(20)16-11-4-6-12(7-5-11)24(15,21)22/h3-7H,1,8-9H2,2H3,(H,16,20)(H2,15,21,22). The summed E-state index contributed by atoms with van der Waals surface area (Å²) >= 11 is 1.26. The fourth-order valence-corrected chi connectivity index (χ4v) is 3.17. The Morgan fingerprint density at radius 3 is 2.62 bits per heavy atom. The van der Waals surface area contributed by atoms with Crippen molar-refractivity contribution in [2.75, 3.05) is 11.1 Å². The van der Waals surface area contributed by atoms with Gasteiger partial charge in [0.2, 0.25) is 15.9 Å². The van der Waals surface area contributed by atoms with Crippen LogP contribution in [0.15, 0.2) is 47.0 Å². The van der Waals surface area contributed by atoms with Crippen LogP contribution in [0, 0.1) is 6.92 Å². The average Bonchev–Trinajstić information content (AvgIpc) is 2.86. The zero-order chi connectivity index (χ0) is 17.7. The van der Waals surface area contributed by atoms with Crippen molar-refractivity contribution >= 4 is 33.4 Å². The highest BCUT2D eigenvalue weighted by molar-refractivity contribution is 7.99. The van der Waals surface area contributed by atoms with E-state index in [2.05, 4.69) is 22.1 Å². The van der Waals surface area contributed by atoms with E-state index in [4.69, 9.17) is 5.14 Å². The summed E-state index contributed by atoms with van der Waals surface area (Å²) in [6.45, 7) is 6.07. The molecule has 0 spiro atoms. The number of hydrogen-bond acceptors (Lipinski definition) is 6. The van der Waals surface area contributed by atoms with Crippen LogP contribution in [-0.2, 0) is 21.4 Å². The minimum atomic E-state index is -3.75. The molecule has 0 saturated heterocycles. The zero-order valence-corrected chi connectivity index (χ0v) is 14.6. The zero-order valence-electron chi connectivity index (χ0n) is 13.0. The molecule has 0 atom stereocenters. The molecule has 1 aromatic heterocycles.